The fourth-order valence-corrected chi connectivity index (χ4v) is 0.881. The van der Waals surface area contributed by atoms with Crippen LogP contribution in [0.3, 0.4) is 0 Å². The Labute approximate surface area is 86.6 Å². The second kappa shape index (κ2) is 5.43. The Balaban J connectivity index is 2.32. The molecule has 0 aliphatic rings. The second-order valence-electron chi connectivity index (χ2n) is 3.09. The molecule has 0 fully saturated rings. The van der Waals surface area contributed by atoms with Gasteiger partial charge in [-0.25, -0.2) is 4.39 Å². The lowest BCUT2D eigenvalue weighted by Crippen LogP contribution is -2.33. The number of carboxylic acids is 1. The van der Waals surface area contributed by atoms with Crippen molar-refractivity contribution in [3.8, 4) is 0 Å². The highest BCUT2D eigenvalue weighted by Gasteiger charge is 2.09. The summed E-state index contributed by atoms with van der Waals surface area (Å²) < 4.78 is 12.5. The van der Waals surface area contributed by atoms with Crippen LogP contribution in [-0.4, -0.2) is 17.1 Å². The number of aliphatic carboxylic acids is 1. The van der Waals surface area contributed by atoms with Crippen molar-refractivity contribution in [2.75, 3.05) is 0 Å². The Hall–Kier alpha value is -1.46. The molecular weight excluding hydrogens is 201 g/mol. The summed E-state index contributed by atoms with van der Waals surface area (Å²) >= 11 is 0. The van der Waals surface area contributed by atoms with Gasteiger partial charge in [-0.05, 0) is 24.6 Å². The molecule has 0 heterocycles. The average Bonchev–Trinajstić information content (AvgIpc) is 2.20. The van der Waals surface area contributed by atoms with Gasteiger partial charge < -0.3 is 5.11 Å². The van der Waals surface area contributed by atoms with E-state index in [2.05, 4.69) is 5.48 Å². The largest absolute Gasteiger partial charge is 0.480 e. The summed E-state index contributed by atoms with van der Waals surface area (Å²) in [5, 5.41) is 8.52. The molecule has 1 aromatic carbocycles. The van der Waals surface area contributed by atoms with Crippen LogP contribution in [0.1, 0.15) is 12.5 Å². The number of hydroxylamine groups is 1. The van der Waals surface area contributed by atoms with E-state index in [1.807, 2.05) is 0 Å². The topological polar surface area (TPSA) is 58.6 Å². The quantitative estimate of drug-likeness (QED) is 0.724. The molecule has 2 N–H and O–H groups in total. The highest BCUT2D eigenvalue weighted by atomic mass is 19.1. The third kappa shape index (κ3) is 4.05. The molecule has 1 rings (SSSR count). The maximum Gasteiger partial charge on any atom is 0.322 e. The molecule has 0 aliphatic carbocycles. The molecule has 1 atom stereocenters. The zero-order chi connectivity index (χ0) is 11.3. The first-order valence-electron chi connectivity index (χ1n) is 4.44. The summed E-state index contributed by atoms with van der Waals surface area (Å²) in [7, 11) is 0. The van der Waals surface area contributed by atoms with E-state index in [0.717, 1.165) is 5.56 Å². The second-order valence-corrected chi connectivity index (χ2v) is 3.09. The Morgan fingerprint density at radius 1 is 1.53 bits per heavy atom. The molecule has 0 radical (unpaired) electrons. The molecule has 0 unspecified atom stereocenters. The van der Waals surface area contributed by atoms with Crippen molar-refractivity contribution in [3.05, 3.63) is 35.6 Å². The number of carbonyl (C=O) groups is 1. The molecule has 0 saturated heterocycles. The number of benzene rings is 1. The third-order valence-electron chi connectivity index (χ3n) is 1.78. The van der Waals surface area contributed by atoms with Crippen molar-refractivity contribution in [1.82, 2.24) is 5.48 Å². The summed E-state index contributed by atoms with van der Waals surface area (Å²) in [5.41, 5.74) is 3.12. The number of hydrogen-bond donors (Lipinski definition) is 2. The van der Waals surface area contributed by atoms with Crippen molar-refractivity contribution in [3.63, 3.8) is 0 Å². The van der Waals surface area contributed by atoms with Gasteiger partial charge in [-0.2, -0.15) is 5.48 Å². The lowest BCUT2D eigenvalue weighted by molar-refractivity contribution is -0.143. The monoisotopic (exact) mass is 213 g/mol. The standard InChI is InChI=1S/C10H12FNO3/c1-7(10(13)14)12-15-6-8-2-4-9(11)5-3-8/h2-5,7,12H,6H2,1H3,(H,13,14)/t7-/m0/s1. The van der Waals surface area contributed by atoms with Crippen LogP contribution in [0.4, 0.5) is 4.39 Å². The van der Waals surface area contributed by atoms with E-state index in [9.17, 15) is 9.18 Å². The number of rotatable bonds is 5. The highest BCUT2D eigenvalue weighted by molar-refractivity contribution is 5.72. The molecule has 0 spiro atoms. The highest BCUT2D eigenvalue weighted by Crippen LogP contribution is 2.03. The van der Waals surface area contributed by atoms with Gasteiger partial charge >= 0.3 is 5.97 Å². The van der Waals surface area contributed by atoms with Crippen LogP contribution < -0.4 is 5.48 Å². The summed E-state index contributed by atoms with van der Waals surface area (Å²) in [6, 6.07) is 5.01. The number of nitrogens with one attached hydrogen (secondary N) is 1. The summed E-state index contributed by atoms with van der Waals surface area (Å²) in [4.78, 5) is 15.3. The van der Waals surface area contributed by atoms with Crippen LogP contribution in [0.5, 0.6) is 0 Å². The minimum Gasteiger partial charge on any atom is -0.480 e. The van der Waals surface area contributed by atoms with E-state index in [0.29, 0.717) is 0 Å². The Morgan fingerprint density at radius 2 is 2.13 bits per heavy atom. The van der Waals surface area contributed by atoms with E-state index in [1.165, 1.54) is 19.1 Å². The van der Waals surface area contributed by atoms with Crippen molar-refractivity contribution >= 4 is 5.97 Å². The smallest absolute Gasteiger partial charge is 0.322 e. The minimum absolute atomic E-state index is 0.192. The SMILES string of the molecule is C[C@H](NOCc1ccc(F)cc1)C(=O)O. The van der Waals surface area contributed by atoms with E-state index in [-0.39, 0.29) is 12.4 Å². The summed E-state index contributed by atoms with van der Waals surface area (Å²) in [5.74, 6) is -1.31. The van der Waals surface area contributed by atoms with E-state index in [4.69, 9.17) is 9.94 Å². The fourth-order valence-electron chi connectivity index (χ4n) is 0.881. The van der Waals surface area contributed by atoms with Crippen molar-refractivity contribution in [2.24, 2.45) is 0 Å². The van der Waals surface area contributed by atoms with E-state index >= 15 is 0 Å². The molecule has 0 aromatic heterocycles. The molecule has 0 aliphatic heterocycles. The molecule has 4 nitrogen and oxygen atoms in total. The van der Waals surface area contributed by atoms with Gasteiger partial charge in [0, 0.05) is 0 Å². The van der Waals surface area contributed by atoms with Crippen molar-refractivity contribution in [2.45, 2.75) is 19.6 Å². The summed E-state index contributed by atoms with van der Waals surface area (Å²) in [6.07, 6.45) is 0. The maximum atomic E-state index is 12.5. The van der Waals surface area contributed by atoms with Crippen LogP contribution in [0.15, 0.2) is 24.3 Å². The summed E-state index contributed by atoms with van der Waals surface area (Å²) in [6.45, 7) is 1.66. The molecule has 0 saturated carbocycles. The van der Waals surface area contributed by atoms with Crippen LogP contribution >= 0.6 is 0 Å². The van der Waals surface area contributed by atoms with Crippen LogP contribution in [0, 0.1) is 5.82 Å². The van der Waals surface area contributed by atoms with Crippen LogP contribution in [0.25, 0.3) is 0 Å². The normalized spacial score (nSPS) is 12.4. The third-order valence-corrected chi connectivity index (χ3v) is 1.78. The first-order valence-corrected chi connectivity index (χ1v) is 4.44. The lowest BCUT2D eigenvalue weighted by Gasteiger charge is -2.09. The first kappa shape index (κ1) is 11.6. The van der Waals surface area contributed by atoms with Gasteiger partial charge in [0.1, 0.15) is 11.9 Å². The van der Waals surface area contributed by atoms with E-state index in [1.54, 1.807) is 12.1 Å². The Kier molecular flexibility index (Phi) is 4.20. The zero-order valence-corrected chi connectivity index (χ0v) is 8.24. The van der Waals surface area contributed by atoms with Gasteiger partial charge in [0.25, 0.3) is 0 Å². The molecule has 0 amide bonds. The average molecular weight is 213 g/mol. The van der Waals surface area contributed by atoms with Crippen molar-refractivity contribution in [1.29, 1.82) is 0 Å². The van der Waals surface area contributed by atoms with Gasteiger partial charge in [-0.1, -0.05) is 12.1 Å². The van der Waals surface area contributed by atoms with Gasteiger partial charge in [-0.15, -0.1) is 0 Å². The van der Waals surface area contributed by atoms with Gasteiger partial charge in [-0.3, -0.25) is 9.63 Å². The molecule has 0 bridgehead atoms. The number of hydrogen-bond acceptors (Lipinski definition) is 3. The van der Waals surface area contributed by atoms with Gasteiger partial charge in [0.2, 0.25) is 0 Å². The molecule has 82 valence electrons. The maximum absolute atomic E-state index is 12.5. The fraction of sp³-hybridized carbons (Fsp3) is 0.300. The van der Waals surface area contributed by atoms with Crippen molar-refractivity contribution < 1.29 is 19.1 Å². The van der Waals surface area contributed by atoms with E-state index < -0.39 is 12.0 Å². The molecular formula is C10H12FNO3. The lowest BCUT2D eigenvalue weighted by atomic mass is 10.2. The number of carboxylic acid groups (broad SMARTS) is 1. The Morgan fingerprint density at radius 3 is 2.67 bits per heavy atom. The molecule has 1 aromatic rings. The number of halogens is 1. The van der Waals surface area contributed by atoms with Gasteiger partial charge in [0.15, 0.2) is 0 Å². The predicted molar refractivity (Wildman–Crippen MR) is 51.4 cm³/mol. The zero-order valence-electron chi connectivity index (χ0n) is 8.24. The molecule has 5 heteroatoms. The van der Waals surface area contributed by atoms with Crippen LogP contribution in [-0.2, 0) is 16.2 Å². The minimum atomic E-state index is -0.992. The van der Waals surface area contributed by atoms with Gasteiger partial charge in [0.05, 0.1) is 6.61 Å². The van der Waals surface area contributed by atoms with Crippen LogP contribution in [0.2, 0.25) is 0 Å². The molecule has 15 heavy (non-hydrogen) atoms. The predicted octanol–water partition coefficient (Wildman–Crippen LogP) is 1.32. The first-order chi connectivity index (χ1) is 7.09. The Bertz CT molecular complexity index is 326.